The first-order valence-corrected chi connectivity index (χ1v) is 7.00. The van der Waals surface area contributed by atoms with Gasteiger partial charge in [0.1, 0.15) is 0 Å². The maximum Gasteiger partial charge on any atom is 0.240 e. The van der Waals surface area contributed by atoms with E-state index in [-0.39, 0.29) is 17.4 Å². The van der Waals surface area contributed by atoms with Gasteiger partial charge in [-0.05, 0) is 37.1 Å². The highest BCUT2D eigenvalue weighted by Gasteiger charge is 2.17. The van der Waals surface area contributed by atoms with E-state index in [0.717, 1.165) is 12.1 Å². The number of sulfonamides is 1. The molecule has 1 aromatic carbocycles. The molecule has 7 heteroatoms. The van der Waals surface area contributed by atoms with E-state index >= 15 is 0 Å². The highest BCUT2D eigenvalue weighted by atomic mass is 32.2. The quantitative estimate of drug-likeness (QED) is 0.822. The molecule has 1 rings (SSSR count). The van der Waals surface area contributed by atoms with Crippen molar-refractivity contribution in [2.75, 3.05) is 13.1 Å². The molecule has 1 aromatic rings. The molecule has 0 saturated carbocycles. The van der Waals surface area contributed by atoms with Crippen LogP contribution in [0.2, 0.25) is 0 Å². The SMILES string of the molecule is CC(CCN)CNS(=O)(=O)c1ccc(F)c(F)c1. The summed E-state index contributed by atoms with van der Waals surface area (Å²) in [5.74, 6) is -2.19. The van der Waals surface area contributed by atoms with Gasteiger partial charge in [0, 0.05) is 6.54 Å². The zero-order valence-electron chi connectivity index (χ0n) is 9.99. The van der Waals surface area contributed by atoms with Crippen LogP contribution in [0.25, 0.3) is 0 Å². The van der Waals surface area contributed by atoms with Crippen LogP contribution < -0.4 is 10.5 Å². The predicted molar refractivity (Wildman–Crippen MR) is 64.4 cm³/mol. The van der Waals surface area contributed by atoms with E-state index in [1.807, 2.05) is 6.92 Å². The number of nitrogens with two attached hydrogens (primary N) is 1. The second-order valence-electron chi connectivity index (χ2n) is 4.11. The third kappa shape index (κ3) is 4.01. The summed E-state index contributed by atoms with van der Waals surface area (Å²) in [6, 6.07) is 2.47. The Morgan fingerprint density at radius 1 is 1.33 bits per heavy atom. The monoisotopic (exact) mass is 278 g/mol. The van der Waals surface area contributed by atoms with Gasteiger partial charge in [-0.1, -0.05) is 6.92 Å². The number of nitrogens with one attached hydrogen (secondary N) is 1. The van der Waals surface area contributed by atoms with E-state index in [4.69, 9.17) is 5.73 Å². The van der Waals surface area contributed by atoms with Crippen LogP contribution in [0.4, 0.5) is 8.78 Å². The summed E-state index contributed by atoms with van der Waals surface area (Å²) in [7, 11) is -3.81. The summed E-state index contributed by atoms with van der Waals surface area (Å²) in [6.45, 7) is 2.52. The van der Waals surface area contributed by atoms with Crippen LogP contribution in [0.15, 0.2) is 23.1 Å². The van der Waals surface area contributed by atoms with Crippen molar-refractivity contribution in [3.8, 4) is 0 Å². The summed E-state index contributed by atoms with van der Waals surface area (Å²) in [5.41, 5.74) is 5.35. The average Bonchev–Trinajstić information content (AvgIpc) is 2.30. The first-order valence-electron chi connectivity index (χ1n) is 5.51. The van der Waals surface area contributed by atoms with Gasteiger partial charge in [-0.2, -0.15) is 0 Å². The fourth-order valence-corrected chi connectivity index (χ4v) is 2.54. The minimum Gasteiger partial charge on any atom is -0.330 e. The fourth-order valence-electron chi connectivity index (χ4n) is 1.37. The van der Waals surface area contributed by atoms with E-state index in [2.05, 4.69) is 4.72 Å². The van der Waals surface area contributed by atoms with Crippen molar-refractivity contribution in [2.45, 2.75) is 18.2 Å². The van der Waals surface area contributed by atoms with Gasteiger partial charge >= 0.3 is 0 Å². The van der Waals surface area contributed by atoms with Crippen LogP contribution >= 0.6 is 0 Å². The highest BCUT2D eigenvalue weighted by molar-refractivity contribution is 7.89. The molecule has 0 aliphatic heterocycles. The van der Waals surface area contributed by atoms with Gasteiger partial charge in [0.2, 0.25) is 10.0 Å². The molecule has 1 atom stereocenters. The van der Waals surface area contributed by atoms with Crippen LogP contribution in [0.3, 0.4) is 0 Å². The van der Waals surface area contributed by atoms with Gasteiger partial charge in [-0.15, -0.1) is 0 Å². The lowest BCUT2D eigenvalue weighted by molar-refractivity contribution is 0.501. The Balaban J connectivity index is 2.77. The van der Waals surface area contributed by atoms with Crippen molar-refractivity contribution >= 4 is 10.0 Å². The number of benzene rings is 1. The van der Waals surface area contributed by atoms with Crippen molar-refractivity contribution in [2.24, 2.45) is 11.7 Å². The molecule has 18 heavy (non-hydrogen) atoms. The Labute approximate surface area is 105 Å². The van der Waals surface area contributed by atoms with E-state index in [0.29, 0.717) is 19.0 Å². The first kappa shape index (κ1) is 15.0. The van der Waals surface area contributed by atoms with Crippen LogP contribution in [0.5, 0.6) is 0 Å². The van der Waals surface area contributed by atoms with Gasteiger partial charge in [-0.3, -0.25) is 0 Å². The summed E-state index contributed by atoms with van der Waals surface area (Å²) in [4.78, 5) is -0.290. The number of halogens is 2. The average molecular weight is 278 g/mol. The number of rotatable bonds is 6. The molecule has 0 aromatic heterocycles. The molecule has 0 aliphatic carbocycles. The first-order chi connectivity index (χ1) is 8.36. The predicted octanol–water partition coefficient (Wildman–Crippen LogP) is 1.23. The molecule has 3 N–H and O–H groups in total. The van der Waals surface area contributed by atoms with Gasteiger partial charge in [-0.25, -0.2) is 21.9 Å². The maximum atomic E-state index is 12.9. The number of hydrogen-bond donors (Lipinski definition) is 2. The molecule has 0 amide bonds. The molecule has 1 unspecified atom stereocenters. The minimum atomic E-state index is -3.81. The fraction of sp³-hybridized carbons (Fsp3) is 0.455. The van der Waals surface area contributed by atoms with Crippen LogP contribution in [-0.2, 0) is 10.0 Å². The molecule has 4 nitrogen and oxygen atoms in total. The van der Waals surface area contributed by atoms with Crippen LogP contribution in [0, 0.1) is 17.6 Å². The smallest absolute Gasteiger partial charge is 0.240 e. The molecule has 0 heterocycles. The largest absolute Gasteiger partial charge is 0.330 e. The summed E-state index contributed by atoms with van der Waals surface area (Å²) < 4.78 is 51.5. The second-order valence-corrected chi connectivity index (χ2v) is 5.88. The summed E-state index contributed by atoms with van der Waals surface area (Å²) in [5, 5.41) is 0. The van der Waals surface area contributed by atoms with Gasteiger partial charge in [0.25, 0.3) is 0 Å². The maximum absolute atomic E-state index is 12.9. The third-order valence-electron chi connectivity index (χ3n) is 2.48. The lowest BCUT2D eigenvalue weighted by Crippen LogP contribution is -2.29. The Hall–Kier alpha value is -1.05. The molecule has 102 valence electrons. The molecular formula is C11H16F2N2O2S. The standard InChI is InChI=1S/C11H16F2N2O2S/c1-8(4-5-14)7-15-18(16,17)9-2-3-10(12)11(13)6-9/h2-3,6,8,15H,4-5,7,14H2,1H3. The van der Waals surface area contributed by atoms with E-state index in [9.17, 15) is 17.2 Å². The third-order valence-corrected chi connectivity index (χ3v) is 3.90. The molecule has 0 fully saturated rings. The van der Waals surface area contributed by atoms with Crippen LogP contribution in [0.1, 0.15) is 13.3 Å². The molecule has 0 radical (unpaired) electrons. The van der Waals surface area contributed by atoms with Crippen molar-refractivity contribution in [3.05, 3.63) is 29.8 Å². The zero-order valence-corrected chi connectivity index (χ0v) is 10.8. The topological polar surface area (TPSA) is 72.2 Å². The van der Waals surface area contributed by atoms with E-state index in [1.165, 1.54) is 0 Å². The lowest BCUT2D eigenvalue weighted by atomic mass is 10.1. The molecule has 0 aliphatic rings. The molecule has 0 spiro atoms. The van der Waals surface area contributed by atoms with E-state index < -0.39 is 21.7 Å². The Bertz CT molecular complexity index is 506. The second kappa shape index (κ2) is 6.21. The Morgan fingerprint density at radius 3 is 2.56 bits per heavy atom. The zero-order chi connectivity index (χ0) is 13.8. The Kier molecular flexibility index (Phi) is 5.18. The molecular weight excluding hydrogens is 262 g/mol. The van der Waals surface area contributed by atoms with Crippen LogP contribution in [-0.4, -0.2) is 21.5 Å². The van der Waals surface area contributed by atoms with Crippen molar-refractivity contribution < 1.29 is 17.2 Å². The van der Waals surface area contributed by atoms with Crippen molar-refractivity contribution in [1.82, 2.24) is 4.72 Å². The van der Waals surface area contributed by atoms with Crippen molar-refractivity contribution in [3.63, 3.8) is 0 Å². The molecule has 0 bridgehead atoms. The highest BCUT2D eigenvalue weighted by Crippen LogP contribution is 2.14. The normalized spacial score (nSPS) is 13.6. The van der Waals surface area contributed by atoms with Gasteiger partial charge in [0.05, 0.1) is 4.90 Å². The summed E-state index contributed by atoms with van der Waals surface area (Å²) in [6.07, 6.45) is 0.681. The van der Waals surface area contributed by atoms with E-state index in [1.54, 1.807) is 0 Å². The lowest BCUT2D eigenvalue weighted by Gasteiger charge is -2.12. The number of hydrogen-bond acceptors (Lipinski definition) is 3. The van der Waals surface area contributed by atoms with Gasteiger partial charge < -0.3 is 5.73 Å². The Morgan fingerprint density at radius 2 is 2.00 bits per heavy atom. The minimum absolute atomic E-state index is 0.0788. The van der Waals surface area contributed by atoms with Gasteiger partial charge in [0.15, 0.2) is 11.6 Å². The molecule has 0 saturated heterocycles. The van der Waals surface area contributed by atoms with Crippen molar-refractivity contribution in [1.29, 1.82) is 0 Å². The summed E-state index contributed by atoms with van der Waals surface area (Å²) >= 11 is 0.